The first-order valence-electron chi connectivity index (χ1n) is 12.8. The van der Waals surface area contributed by atoms with Crippen LogP contribution >= 0.6 is 0 Å². The first-order valence-corrected chi connectivity index (χ1v) is 12.8. The molecule has 5 unspecified atom stereocenters. The van der Waals surface area contributed by atoms with Gasteiger partial charge in [-0.15, -0.1) is 0 Å². The highest BCUT2D eigenvalue weighted by molar-refractivity contribution is 5.94. The van der Waals surface area contributed by atoms with Gasteiger partial charge in [-0.1, -0.05) is 12.1 Å². The molecule has 3 amide bonds. The Morgan fingerprint density at radius 2 is 1.34 bits per heavy atom. The number of hydrogen-bond acceptors (Lipinski definition) is 9. The number of nitrogens with one attached hydrogen (secondary N) is 3. The standard InChI is InChI=1S/C25H42N6O7/c1-15(32)21(24(36)30-20(25(37)38)7-3-5-13-27)31-23(35)19(6-2-4-12-26)29-22(34)18(28)14-16-8-10-17(33)11-9-16/h8-11,15,18-21,32-33H,2-7,12-14,26-28H2,1H3,(H,29,34)(H,30,36)(H,31,35)(H,37,38). The number of carbonyl (C=O) groups is 4. The smallest absolute Gasteiger partial charge is 0.326 e. The monoisotopic (exact) mass is 538 g/mol. The average Bonchev–Trinajstić information content (AvgIpc) is 2.86. The molecule has 0 aliphatic carbocycles. The molecule has 12 N–H and O–H groups in total. The molecule has 13 nitrogen and oxygen atoms in total. The number of aliphatic carboxylic acids is 1. The maximum Gasteiger partial charge on any atom is 0.326 e. The average molecular weight is 539 g/mol. The Balaban J connectivity index is 2.91. The van der Waals surface area contributed by atoms with Crippen molar-refractivity contribution in [3.8, 4) is 5.75 Å². The van der Waals surface area contributed by atoms with E-state index in [0.29, 0.717) is 44.3 Å². The van der Waals surface area contributed by atoms with Gasteiger partial charge < -0.3 is 48.5 Å². The van der Waals surface area contributed by atoms with E-state index >= 15 is 0 Å². The molecule has 214 valence electrons. The largest absolute Gasteiger partial charge is 0.508 e. The quantitative estimate of drug-likeness (QED) is 0.0973. The Hall–Kier alpha value is -3.26. The number of aromatic hydroxyl groups is 1. The predicted molar refractivity (Wildman–Crippen MR) is 141 cm³/mol. The minimum Gasteiger partial charge on any atom is -0.508 e. The fraction of sp³-hybridized carbons (Fsp3) is 0.600. The fourth-order valence-electron chi connectivity index (χ4n) is 3.69. The van der Waals surface area contributed by atoms with Gasteiger partial charge in [0.05, 0.1) is 12.1 Å². The first-order chi connectivity index (χ1) is 18.0. The lowest BCUT2D eigenvalue weighted by Gasteiger charge is -2.26. The molecule has 0 saturated carbocycles. The van der Waals surface area contributed by atoms with E-state index in [1.165, 1.54) is 19.1 Å². The topological polar surface area (TPSA) is 243 Å². The molecule has 1 aromatic rings. The molecule has 0 fully saturated rings. The van der Waals surface area contributed by atoms with Gasteiger partial charge in [0.15, 0.2) is 0 Å². The second kappa shape index (κ2) is 17.3. The van der Waals surface area contributed by atoms with Crippen molar-refractivity contribution in [2.45, 2.75) is 82.1 Å². The van der Waals surface area contributed by atoms with Gasteiger partial charge in [0.2, 0.25) is 17.7 Å². The Bertz CT molecular complexity index is 897. The van der Waals surface area contributed by atoms with Crippen LogP contribution in [0.4, 0.5) is 0 Å². The maximum absolute atomic E-state index is 13.1. The molecular weight excluding hydrogens is 496 g/mol. The van der Waals surface area contributed by atoms with Crippen LogP contribution in [0.25, 0.3) is 0 Å². The third-order valence-corrected chi connectivity index (χ3v) is 5.93. The molecule has 13 heteroatoms. The van der Waals surface area contributed by atoms with Gasteiger partial charge in [-0.3, -0.25) is 14.4 Å². The third kappa shape index (κ3) is 11.9. The minimum atomic E-state index is -1.46. The number of carboxylic acids is 1. The molecule has 0 aliphatic heterocycles. The molecule has 0 aromatic heterocycles. The van der Waals surface area contributed by atoms with E-state index in [-0.39, 0.29) is 25.0 Å². The van der Waals surface area contributed by atoms with Crippen molar-refractivity contribution in [3.63, 3.8) is 0 Å². The second-order valence-corrected chi connectivity index (χ2v) is 9.23. The molecule has 0 heterocycles. The van der Waals surface area contributed by atoms with Crippen molar-refractivity contribution < 1.29 is 34.5 Å². The number of phenols is 1. The van der Waals surface area contributed by atoms with E-state index < -0.39 is 54.0 Å². The SMILES string of the molecule is CC(O)C(NC(=O)C(CCCCN)NC(=O)C(N)Cc1ccc(O)cc1)C(=O)NC(CCCCN)C(=O)O. The van der Waals surface area contributed by atoms with Gasteiger partial charge in [0, 0.05) is 0 Å². The van der Waals surface area contributed by atoms with Crippen LogP contribution in [-0.4, -0.2) is 82.4 Å². The van der Waals surface area contributed by atoms with Gasteiger partial charge in [-0.2, -0.15) is 0 Å². The minimum absolute atomic E-state index is 0.0744. The molecule has 0 radical (unpaired) electrons. The second-order valence-electron chi connectivity index (χ2n) is 9.23. The molecule has 38 heavy (non-hydrogen) atoms. The number of unbranched alkanes of at least 4 members (excludes halogenated alkanes) is 2. The zero-order chi connectivity index (χ0) is 28.7. The zero-order valence-electron chi connectivity index (χ0n) is 21.8. The number of carboxylic acid groups (broad SMARTS) is 1. The molecule has 1 aromatic carbocycles. The number of benzene rings is 1. The number of aliphatic hydroxyl groups excluding tert-OH is 1. The van der Waals surface area contributed by atoms with Crippen LogP contribution in [0.5, 0.6) is 5.75 Å². The number of rotatable bonds is 18. The van der Waals surface area contributed by atoms with E-state index in [0.717, 1.165) is 0 Å². The third-order valence-electron chi connectivity index (χ3n) is 5.93. The number of phenolic OH excluding ortho intramolecular Hbond substituents is 1. The van der Waals surface area contributed by atoms with Crippen LogP contribution in [-0.2, 0) is 25.6 Å². The van der Waals surface area contributed by atoms with Gasteiger partial charge in [-0.05, 0) is 82.7 Å². The first kappa shape index (κ1) is 32.8. The van der Waals surface area contributed by atoms with Crippen LogP contribution in [0.15, 0.2) is 24.3 Å². The Morgan fingerprint density at radius 3 is 1.84 bits per heavy atom. The van der Waals surface area contributed by atoms with Gasteiger partial charge in [0.25, 0.3) is 0 Å². The number of aliphatic hydroxyl groups is 1. The molecule has 0 aliphatic rings. The summed E-state index contributed by atoms with van der Waals surface area (Å²) in [6.45, 7) is 2.04. The molecule has 5 atom stereocenters. The van der Waals surface area contributed by atoms with E-state index in [4.69, 9.17) is 17.2 Å². The maximum atomic E-state index is 13.1. The van der Waals surface area contributed by atoms with Crippen molar-refractivity contribution >= 4 is 23.7 Å². The zero-order valence-corrected chi connectivity index (χ0v) is 21.8. The summed E-state index contributed by atoms with van der Waals surface area (Å²) in [5, 5.41) is 36.4. The van der Waals surface area contributed by atoms with Gasteiger partial charge >= 0.3 is 5.97 Å². The number of hydrogen-bond donors (Lipinski definition) is 9. The number of nitrogens with two attached hydrogens (primary N) is 3. The van der Waals surface area contributed by atoms with Crippen molar-refractivity contribution in [1.82, 2.24) is 16.0 Å². The van der Waals surface area contributed by atoms with Gasteiger partial charge in [-0.25, -0.2) is 4.79 Å². The van der Waals surface area contributed by atoms with Crippen LogP contribution in [0.2, 0.25) is 0 Å². The lowest BCUT2D eigenvalue weighted by atomic mass is 10.0. The van der Waals surface area contributed by atoms with Crippen molar-refractivity contribution in [2.24, 2.45) is 17.2 Å². The van der Waals surface area contributed by atoms with Gasteiger partial charge in [0.1, 0.15) is 23.9 Å². The molecule has 1 rings (SSSR count). The highest BCUT2D eigenvalue weighted by Gasteiger charge is 2.32. The van der Waals surface area contributed by atoms with Crippen LogP contribution < -0.4 is 33.2 Å². The van der Waals surface area contributed by atoms with E-state index in [9.17, 15) is 34.5 Å². The summed E-state index contributed by atoms with van der Waals surface area (Å²) in [7, 11) is 0. The molecular formula is C25H42N6O7. The van der Waals surface area contributed by atoms with Crippen molar-refractivity contribution in [1.29, 1.82) is 0 Å². The summed E-state index contributed by atoms with van der Waals surface area (Å²) in [6.07, 6.45) is 1.27. The highest BCUT2D eigenvalue weighted by Crippen LogP contribution is 2.11. The van der Waals surface area contributed by atoms with E-state index in [2.05, 4.69) is 16.0 Å². The van der Waals surface area contributed by atoms with Crippen molar-refractivity contribution in [2.75, 3.05) is 13.1 Å². The number of amides is 3. The summed E-state index contributed by atoms with van der Waals surface area (Å²) in [5.74, 6) is -3.38. The Labute approximate surface area is 222 Å². The van der Waals surface area contributed by atoms with Crippen LogP contribution in [0.3, 0.4) is 0 Å². The summed E-state index contributed by atoms with van der Waals surface area (Å²) in [6, 6.07) is 1.44. The fourth-order valence-corrected chi connectivity index (χ4v) is 3.69. The Kier molecular flexibility index (Phi) is 14.9. The lowest BCUT2D eigenvalue weighted by Crippen LogP contribution is -2.59. The summed E-state index contributed by atoms with van der Waals surface area (Å²) >= 11 is 0. The summed E-state index contributed by atoms with van der Waals surface area (Å²) in [4.78, 5) is 50.2. The molecule has 0 bridgehead atoms. The number of carbonyl (C=O) groups excluding carboxylic acids is 3. The summed E-state index contributed by atoms with van der Waals surface area (Å²) < 4.78 is 0. The highest BCUT2D eigenvalue weighted by atomic mass is 16.4. The van der Waals surface area contributed by atoms with Crippen LogP contribution in [0, 0.1) is 0 Å². The Morgan fingerprint density at radius 1 is 0.816 bits per heavy atom. The van der Waals surface area contributed by atoms with E-state index in [1.54, 1.807) is 12.1 Å². The van der Waals surface area contributed by atoms with E-state index in [1.807, 2.05) is 0 Å². The lowest BCUT2D eigenvalue weighted by molar-refractivity contribution is -0.143. The molecule has 0 saturated heterocycles. The predicted octanol–water partition coefficient (Wildman–Crippen LogP) is -1.56. The van der Waals surface area contributed by atoms with Crippen LogP contribution in [0.1, 0.15) is 51.0 Å². The normalized spacial score (nSPS) is 15.0. The van der Waals surface area contributed by atoms with Crippen molar-refractivity contribution in [3.05, 3.63) is 29.8 Å². The summed E-state index contributed by atoms with van der Waals surface area (Å²) in [5.41, 5.74) is 17.7. The molecule has 0 spiro atoms.